The summed E-state index contributed by atoms with van der Waals surface area (Å²) in [7, 11) is 1.16. The third kappa shape index (κ3) is 5.48. The molecule has 0 radical (unpaired) electrons. The van der Waals surface area contributed by atoms with Gasteiger partial charge in [-0.2, -0.15) is 9.41 Å². The van der Waals surface area contributed by atoms with E-state index in [0.29, 0.717) is 60.0 Å². The van der Waals surface area contributed by atoms with Crippen molar-refractivity contribution in [1.29, 1.82) is 0 Å². The Morgan fingerprint density at radius 2 is 1.70 bits per heavy atom. The molecular formula is C32H38N4O6S2. The lowest BCUT2D eigenvalue weighted by molar-refractivity contribution is -0.00126. The van der Waals surface area contributed by atoms with Crippen LogP contribution < -0.4 is 19.0 Å². The minimum absolute atomic E-state index is 0.235. The van der Waals surface area contributed by atoms with Gasteiger partial charge in [-0.25, -0.2) is 18.1 Å². The van der Waals surface area contributed by atoms with Crippen molar-refractivity contribution in [2.75, 3.05) is 47.6 Å². The number of aromatic nitrogens is 1. The number of benzene rings is 2. The topological polar surface area (TPSA) is 104 Å². The maximum atomic E-state index is 13.1. The highest BCUT2D eigenvalue weighted by molar-refractivity contribution is 7.89. The molecule has 0 spiro atoms. The quantitative estimate of drug-likeness (QED) is 0.294. The average Bonchev–Trinajstić information content (AvgIpc) is 3.45. The zero-order valence-corrected chi connectivity index (χ0v) is 27.3. The van der Waals surface area contributed by atoms with Gasteiger partial charge in [-0.1, -0.05) is 19.9 Å². The van der Waals surface area contributed by atoms with Gasteiger partial charge >= 0.3 is 0 Å². The van der Waals surface area contributed by atoms with E-state index in [4.69, 9.17) is 29.0 Å². The van der Waals surface area contributed by atoms with Crippen molar-refractivity contribution in [2.24, 2.45) is 27.3 Å². The molecule has 7 rings (SSSR count). The molecule has 12 heteroatoms. The minimum atomic E-state index is -3.60. The zero-order chi connectivity index (χ0) is 31.1. The Hall–Kier alpha value is -3.45. The molecule has 1 aromatic heterocycles. The average molecular weight is 639 g/mol. The second-order valence-electron chi connectivity index (χ2n) is 11.7. The van der Waals surface area contributed by atoms with Gasteiger partial charge in [0.25, 0.3) is 0 Å². The molecule has 2 aromatic carbocycles. The molecule has 234 valence electrons. The highest BCUT2D eigenvalue weighted by Gasteiger charge is 2.50. The molecule has 10 nitrogen and oxygen atoms in total. The summed E-state index contributed by atoms with van der Waals surface area (Å²) in [5.74, 6) is 2.80. The Morgan fingerprint density at radius 3 is 2.30 bits per heavy atom. The number of morpholine rings is 1. The number of fused-ring (bicyclic) bond motifs is 1. The second kappa shape index (κ2) is 12.2. The fourth-order valence-corrected chi connectivity index (χ4v) is 8.59. The van der Waals surface area contributed by atoms with E-state index >= 15 is 0 Å². The van der Waals surface area contributed by atoms with Gasteiger partial charge < -0.3 is 18.9 Å². The van der Waals surface area contributed by atoms with Crippen molar-refractivity contribution < 1.29 is 27.4 Å². The van der Waals surface area contributed by atoms with Gasteiger partial charge in [0.2, 0.25) is 20.6 Å². The van der Waals surface area contributed by atoms with E-state index in [-0.39, 0.29) is 10.3 Å². The third-order valence-electron chi connectivity index (χ3n) is 9.15. The Balaban J connectivity index is 1.41. The SMILES string of the molecule is COc1cc(-c2csc(=Nc3ccc(S(=O)(=O)N4CCOCC4)cc3)n2N=CC2=CCC3CC2C3(C)C)cc(OC)c1OC. The number of methoxy groups -OCH3 is 3. The molecule has 2 bridgehead atoms. The van der Waals surface area contributed by atoms with Gasteiger partial charge in [-0.15, -0.1) is 11.3 Å². The van der Waals surface area contributed by atoms with Crippen LogP contribution in [-0.4, -0.2) is 71.2 Å². The van der Waals surface area contributed by atoms with Crippen molar-refractivity contribution >= 4 is 33.3 Å². The molecule has 2 unspecified atom stereocenters. The van der Waals surface area contributed by atoms with E-state index < -0.39 is 10.0 Å². The van der Waals surface area contributed by atoms with Crippen LogP contribution in [0.5, 0.6) is 17.2 Å². The highest BCUT2D eigenvalue weighted by atomic mass is 32.2. The second-order valence-corrected chi connectivity index (χ2v) is 14.5. The zero-order valence-electron chi connectivity index (χ0n) is 25.6. The van der Waals surface area contributed by atoms with Crippen molar-refractivity contribution in [3.63, 3.8) is 0 Å². The van der Waals surface area contributed by atoms with Crippen LogP contribution in [0.4, 0.5) is 5.69 Å². The molecule has 1 saturated heterocycles. The van der Waals surface area contributed by atoms with E-state index in [1.807, 2.05) is 28.4 Å². The number of allylic oxidation sites excluding steroid dienone is 2. The minimum Gasteiger partial charge on any atom is -0.493 e. The maximum absolute atomic E-state index is 13.1. The molecule has 3 aliphatic carbocycles. The first kappa shape index (κ1) is 30.6. The fourth-order valence-electron chi connectivity index (χ4n) is 6.32. The van der Waals surface area contributed by atoms with Crippen molar-refractivity contribution in [3.8, 4) is 28.5 Å². The van der Waals surface area contributed by atoms with Crippen molar-refractivity contribution in [3.05, 3.63) is 58.2 Å². The van der Waals surface area contributed by atoms with Gasteiger partial charge in [0, 0.05) is 24.0 Å². The van der Waals surface area contributed by atoms with Crippen LogP contribution >= 0.6 is 11.3 Å². The number of thiazole rings is 1. The Kier molecular flexibility index (Phi) is 8.44. The molecule has 1 saturated carbocycles. The first-order valence-electron chi connectivity index (χ1n) is 14.7. The smallest absolute Gasteiger partial charge is 0.243 e. The van der Waals surface area contributed by atoms with E-state index in [2.05, 4.69) is 19.9 Å². The van der Waals surface area contributed by atoms with E-state index in [0.717, 1.165) is 23.6 Å². The Morgan fingerprint density at radius 1 is 1.02 bits per heavy atom. The summed E-state index contributed by atoms with van der Waals surface area (Å²) in [6, 6.07) is 10.4. The largest absolute Gasteiger partial charge is 0.493 e. The van der Waals surface area contributed by atoms with Crippen LogP contribution in [0, 0.1) is 17.3 Å². The van der Waals surface area contributed by atoms with Crippen LogP contribution in [0.2, 0.25) is 0 Å². The number of rotatable bonds is 9. The summed E-state index contributed by atoms with van der Waals surface area (Å²) in [6.45, 7) is 6.18. The number of nitrogens with zero attached hydrogens (tertiary/aromatic N) is 4. The standard InChI is InChI=1S/C32H38N4O6S2/c1-32(2)23-7-6-21(26(32)18-23)19-33-36-27(22-16-28(39-3)30(41-5)29(17-22)40-4)20-43-31(36)34-24-8-10-25(11-9-24)44(37,38)35-12-14-42-15-13-35/h6,8-11,16-17,19-20,23,26H,7,12-15,18H2,1-5H3. The molecule has 2 atom stereocenters. The van der Waals surface area contributed by atoms with Crippen LogP contribution in [0.25, 0.3) is 11.3 Å². The molecule has 2 fully saturated rings. The van der Waals surface area contributed by atoms with Crippen LogP contribution in [-0.2, 0) is 14.8 Å². The van der Waals surface area contributed by atoms with Crippen LogP contribution in [0.3, 0.4) is 0 Å². The molecule has 3 aromatic rings. The van der Waals surface area contributed by atoms with Gasteiger partial charge in [0.1, 0.15) is 0 Å². The lowest BCUT2D eigenvalue weighted by Crippen LogP contribution is -2.48. The van der Waals surface area contributed by atoms with Gasteiger partial charge in [0.05, 0.1) is 57.0 Å². The summed E-state index contributed by atoms with van der Waals surface area (Å²) >= 11 is 1.44. The lowest BCUT2D eigenvalue weighted by atomic mass is 9.49. The summed E-state index contributed by atoms with van der Waals surface area (Å²) in [4.78, 5) is 5.77. The molecule has 4 aliphatic rings. The monoisotopic (exact) mass is 638 g/mol. The highest BCUT2D eigenvalue weighted by Crippen LogP contribution is 2.58. The summed E-state index contributed by atoms with van der Waals surface area (Å²) in [5, 5.41) is 6.98. The lowest BCUT2D eigenvalue weighted by Gasteiger charge is -2.55. The fraction of sp³-hybridized carbons (Fsp3) is 0.438. The van der Waals surface area contributed by atoms with Gasteiger partial charge in [-0.3, -0.25) is 0 Å². The Labute approximate surface area is 262 Å². The van der Waals surface area contributed by atoms with E-state index in [1.54, 1.807) is 45.6 Å². The number of hydrogen-bond acceptors (Lipinski definition) is 9. The van der Waals surface area contributed by atoms with Crippen LogP contribution in [0.15, 0.2) is 68.4 Å². The molecule has 0 amide bonds. The third-order valence-corrected chi connectivity index (χ3v) is 11.9. The first-order valence-corrected chi connectivity index (χ1v) is 17.0. The predicted octanol–water partition coefficient (Wildman–Crippen LogP) is 5.32. The molecule has 0 N–H and O–H groups in total. The number of sulfonamides is 1. The summed E-state index contributed by atoms with van der Waals surface area (Å²) in [6.07, 6.45) is 6.53. The van der Waals surface area contributed by atoms with E-state index in [9.17, 15) is 8.42 Å². The summed E-state index contributed by atoms with van der Waals surface area (Å²) < 4.78 is 51.6. The van der Waals surface area contributed by atoms with Gasteiger partial charge in [-0.05, 0) is 72.1 Å². The summed E-state index contributed by atoms with van der Waals surface area (Å²) in [5.41, 5.74) is 3.76. The maximum Gasteiger partial charge on any atom is 0.243 e. The molecular weight excluding hydrogens is 601 g/mol. The Bertz CT molecular complexity index is 1740. The van der Waals surface area contributed by atoms with Gasteiger partial charge in [0.15, 0.2) is 11.5 Å². The van der Waals surface area contributed by atoms with E-state index in [1.165, 1.54) is 27.6 Å². The number of ether oxygens (including phenoxy) is 4. The normalized spacial score (nSPS) is 22.0. The van der Waals surface area contributed by atoms with Crippen molar-refractivity contribution in [2.45, 2.75) is 31.6 Å². The molecule has 2 heterocycles. The number of hydrogen-bond donors (Lipinski definition) is 0. The van der Waals surface area contributed by atoms with Crippen molar-refractivity contribution in [1.82, 2.24) is 8.98 Å². The van der Waals surface area contributed by atoms with Crippen LogP contribution in [0.1, 0.15) is 26.7 Å². The molecule has 1 aliphatic heterocycles. The predicted molar refractivity (Wildman–Crippen MR) is 171 cm³/mol. The molecule has 44 heavy (non-hydrogen) atoms. The first-order chi connectivity index (χ1) is 21.2.